The Balaban J connectivity index is 1.23. The number of carbonyl (C=O) groups excluding carboxylic acids is 3. The molecule has 1 N–H and O–H groups in total. The Bertz CT molecular complexity index is 1610. The fourth-order valence-electron chi connectivity index (χ4n) is 3.94. The van der Waals surface area contributed by atoms with E-state index < -0.39 is 17.7 Å². The number of imide groups is 1. The molecule has 0 unspecified atom stereocenters. The molecular weight excluding hydrogens is 464 g/mol. The molecule has 0 radical (unpaired) electrons. The van der Waals surface area contributed by atoms with E-state index in [2.05, 4.69) is 20.4 Å². The van der Waals surface area contributed by atoms with Crippen LogP contribution in [0.1, 0.15) is 36.8 Å². The molecule has 1 aliphatic heterocycles. The standard InChI is InChI=1S/C25H16N6O3S/c32-21(27-24-28-25-31(29-24)20(14-35-25)15-6-2-1-3-7-15)16-9-10-18-19(12-16)23(34)30(22(18)33)13-17-8-4-5-11-26-17/h1-12,14H,13H2,(H,27,29,32). The van der Waals surface area contributed by atoms with Crippen molar-refractivity contribution in [3.63, 3.8) is 0 Å². The molecule has 2 aromatic carbocycles. The van der Waals surface area contributed by atoms with E-state index in [-0.39, 0.29) is 29.2 Å². The normalized spacial score (nSPS) is 12.9. The Hall–Kier alpha value is -4.70. The lowest BCUT2D eigenvalue weighted by molar-refractivity contribution is 0.0640. The van der Waals surface area contributed by atoms with E-state index in [1.807, 2.05) is 35.7 Å². The lowest BCUT2D eigenvalue weighted by atomic mass is 10.1. The molecule has 3 aromatic heterocycles. The van der Waals surface area contributed by atoms with Crippen molar-refractivity contribution in [2.45, 2.75) is 6.54 Å². The second-order valence-electron chi connectivity index (χ2n) is 7.85. The molecule has 1 aliphatic rings. The molecule has 0 saturated carbocycles. The number of nitrogens with one attached hydrogen (secondary N) is 1. The second kappa shape index (κ2) is 8.26. The van der Waals surface area contributed by atoms with Gasteiger partial charge in [-0.05, 0) is 30.3 Å². The highest BCUT2D eigenvalue weighted by molar-refractivity contribution is 7.15. The highest BCUT2D eigenvalue weighted by atomic mass is 32.1. The number of fused-ring (bicyclic) bond motifs is 2. The minimum atomic E-state index is -0.476. The van der Waals surface area contributed by atoms with Gasteiger partial charge in [0.05, 0.1) is 29.1 Å². The zero-order valence-corrected chi connectivity index (χ0v) is 18.9. The van der Waals surface area contributed by atoms with E-state index in [0.29, 0.717) is 10.7 Å². The summed E-state index contributed by atoms with van der Waals surface area (Å²) in [6, 6.07) is 19.5. The summed E-state index contributed by atoms with van der Waals surface area (Å²) in [5.41, 5.74) is 3.12. The molecule has 3 amide bonds. The Morgan fingerprint density at radius 3 is 2.54 bits per heavy atom. The van der Waals surface area contributed by atoms with Crippen molar-refractivity contribution in [3.8, 4) is 11.3 Å². The van der Waals surface area contributed by atoms with Crippen LogP contribution in [0, 0.1) is 0 Å². The smallest absolute Gasteiger partial charge is 0.261 e. The molecular formula is C25H16N6O3S. The molecule has 10 heteroatoms. The van der Waals surface area contributed by atoms with Gasteiger partial charge in [0.2, 0.25) is 4.96 Å². The van der Waals surface area contributed by atoms with E-state index in [9.17, 15) is 14.4 Å². The highest BCUT2D eigenvalue weighted by Gasteiger charge is 2.36. The van der Waals surface area contributed by atoms with Gasteiger partial charge in [0.25, 0.3) is 23.7 Å². The lowest BCUT2D eigenvalue weighted by Crippen LogP contribution is -2.29. The van der Waals surface area contributed by atoms with Crippen LogP contribution in [0.15, 0.2) is 78.3 Å². The van der Waals surface area contributed by atoms with Crippen molar-refractivity contribution in [1.82, 2.24) is 24.5 Å². The van der Waals surface area contributed by atoms with Gasteiger partial charge >= 0.3 is 0 Å². The third kappa shape index (κ3) is 3.65. The molecule has 35 heavy (non-hydrogen) atoms. The summed E-state index contributed by atoms with van der Waals surface area (Å²) in [5, 5.41) is 9.06. The molecule has 6 rings (SSSR count). The molecule has 0 atom stereocenters. The Morgan fingerprint density at radius 1 is 0.943 bits per heavy atom. The van der Waals surface area contributed by atoms with Gasteiger partial charge in [-0.15, -0.1) is 16.4 Å². The number of hydrogen-bond acceptors (Lipinski definition) is 7. The number of aromatic nitrogens is 4. The molecule has 9 nitrogen and oxygen atoms in total. The van der Waals surface area contributed by atoms with Gasteiger partial charge in [0.15, 0.2) is 0 Å². The van der Waals surface area contributed by atoms with Crippen molar-refractivity contribution in [2.75, 3.05) is 5.32 Å². The predicted molar refractivity (Wildman–Crippen MR) is 129 cm³/mol. The van der Waals surface area contributed by atoms with E-state index in [4.69, 9.17) is 0 Å². The SMILES string of the molecule is O=C(Nc1nc2scc(-c3ccccc3)n2n1)c1ccc2c(c1)C(=O)N(Cc1ccccn1)C2=O. The number of benzene rings is 2. The van der Waals surface area contributed by atoms with Crippen LogP contribution in [-0.2, 0) is 6.54 Å². The first-order valence-corrected chi connectivity index (χ1v) is 11.6. The van der Waals surface area contributed by atoms with E-state index in [1.165, 1.54) is 29.5 Å². The predicted octanol–water partition coefficient (Wildman–Crippen LogP) is 3.90. The van der Waals surface area contributed by atoms with Crippen LogP contribution in [0.4, 0.5) is 5.95 Å². The van der Waals surface area contributed by atoms with Crippen LogP contribution < -0.4 is 5.32 Å². The van der Waals surface area contributed by atoms with Crippen LogP contribution in [0.3, 0.4) is 0 Å². The topological polar surface area (TPSA) is 110 Å². The average molecular weight is 481 g/mol. The molecule has 5 aromatic rings. The largest absolute Gasteiger partial charge is 0.289 e. The summed E-state index contributed by atoms with van der Waals surface area (Å²) in [6.07, 6.45) is 1.60. The minimum Gasteiger partial charge on any atom is -0.289 e. The van der Waals surface area contributed by atoms with Crippen LogP contribution in [-0.4, -0.2) is 42.2 Å². The van der Waals surface area contributed by atoms with Crippen molar-refractivity contribution < 1.29 is 14.4 Å². The molecule has 170 valence electrons. The number of carbonyl (C=O) groups is 3. The zero-order valence-electron chi connectivity index (χ0n) is 18.1. The fraction of sp³-hybridized carbons (Fsp3) is 0.0400. The first-order chi connectivity index (χ1) is 17.1. The first-order valence-electron chi connectivity index (χ1n) is 10.7. The number of rotatable bonds is 5. The fourth-order valence-corrected chi connectivity index (χ4v) is 4.78. The summed E-state index contributed by atoms with van der Waals surface area (Å²) in [6.45, 7) is 0.0633. The summed E-state index contributed by atoms with van der Waals surface area (Å²) in [4.78, 5) is 48.9. The molecule has 0 bridgehead atoms. The summed E-state index contributed by atoms with van der Waals surface area (Å²) in [7, 11) is 0. The van der Waals surface area contributed by atoms with E-state index in [0.717, 1.165) is 16.2 Å². The maximum atomic E-state index is 12.9. The van der Waals surface area contributed by atoms with Crippen molar-refractivity contribution in [1.29, 1.82) is 0 Å². The molecule has 4 heterocycles. The molecule has 0 saturated heterocycles. The molecule has 0 fully saturated rings. The zero-order chi connectivity index (χ0) is 23.9. The van der Waals surface area contributed by atoms with Crippen LogP contribution >= 0.6 is 11.3 Å². The minimum absolute atomic E-state index is 0.0633. The number of pyridine rings is 1. The summed E-state index contributed by atoms with van der Waals surface area (Å²) >= 11 is 1.42. The van der Waals surface area contributed by atoms with Crippen molar-refractivity contribution >= 4 is 40.0 Å². The van der Waals surface area contributed by atoms with Crippen molar-refractivity contribution in [3.05, 3.63) is 101 Å². The lowest BCUT2D eigenvalue weighted by Gasteiger charge is -2.12. The maximum Gasteiger partial charge on any atom is 0.261 e. The number of amides is 3. The van der Waals surface area contributed by atoms with Gasteiger partial charge in [0.1, 0.15) is 0 Å². The first kappa shape index (κ1) is 20.9. The highest BCUT2D eigenvalue weighted by Crippen LogP contribution is 2.27. The third-order valence-electron chi connectivity index (χ3n) is 5.66. The van der Waals surface area contributed by atoms with Crippen LogP contribution in [0.5, 0.6) is 0 Å². The second-order valence-corrected chi connectivity index (χ2v) is 8.69. The Kier molecular flexibility index (Phi) is 4.93. The van der Waals surface area contributed by atoms with Gasteiger partial charge in [-0.2, -0.15) is 4.98 Å². The van der Waals surface area contributed by atoms with Crippen LogP contribution in [0.25, 0.3) is 16.2 Å². The van der Waals surface area contributed by atoms with Gasteiger partial charge in [-0.1, -0.05) is 36.4 Å². The summed E-state index contributed by atoms with van der Waals surface area (Å²) < 4.78 is 1.68. The molecule has 0 aliphatic carbocycles. The number of thiazole rings is 1. The summed E-state index contributed by atoms with van der Waals surface area (Å²) in [5.74, 6) is -1.19. The van der Waals surface area contributed by atoms with Crippen molar-refractivity contribution in [2.24, 2.45) is 0 Å². The average Bonchev–Trinajstić information content (AvgIpc) is 3.53. The van der Waals surface area contributed by atoms with Gasteiger partial charge in [0, 0.05) is 22.7 Å². The quantitative estimate of drug-likeness (QED) is 0.382. The monoisotopic (exact) mass is 480 g/mol. The van der Waals surface area contributed by atoms with Crippen LogP contribution in [0.2, 0.25) is 0 Å². The van der Waals surface area contributed by atoms with Gasteiger partial charge in [-0.25, -0.2) is 4.52 Å². The van der Waals surface area contributed by atoms with E-state index in [1.54, 1.807) is 28.9 Å². The third-order valence-corrected chi connectivity index (χ3v) is 6.47. The maximum absolute atomic E-state index is 12.9. The van der Waals surface area contributed by atoms with E-state index >= 15 is 0 Å². The van der Waals surface area contributed by atoms with Gasteiger partial charge < -0.3 is 0 Å². The number of anilines is 1. The number of hydrogen-bond donors (Lipinski definition) is 1. The number of nitrogens with zero attached hydrogens (tertiary/aromatic N) is 5. The Labute approximate surface area is 202 Å². The van der Waals surface area contributed by atoms with Gasteiger partial charge in [-0.3, -0.25) is 29.6 Å². The molecule has 0 spiro atoms. The Morgan fingerprint density at radius 2 is 1.74 bits per heavy atom.